The number of amides is 1. The van der Waals surface area contributed by atoms with E-state index in [-0.39, 0.29) is 17.9 Å². The maximum atomic E-state index is 12.3. The van der Waals surface area contributed by atoms with Crippen LogP contribution in [0.15, 0.2) is 12.1 Å². The Kier molecular flexibility index (Phi) is 7.24. The second-order valence-corrected chi connectivity index (χ2v) is 6.28. The average Bonchev–Trinajstić information content (AvgIpc) is 2.61. The fourth-order valence-corrected chi connectivity index (χ4v) is 2.74. The summed E-state index contributed by atoms with van der Waals surface area (Å²) in [6.45, 7) is 6.93. The van der Waals surface area contributed by atoms with Crippen LogP contribution in [0.1, 0.15) is 33.1 Å². The van der Waals surface area contributed by atoms with Crippen LogP contribution < -0.4 is 15.0 Å². The van der Waals surface area contributed by atoms with Crippen LogP contribution in [-0.2, 0) is 9.53 Å². The van der Waals surface area contributed by atoms with E-state index in [2.05, 4.69) is 20.4 Å². The van der Waals surface area contributed by atoms with Crippen LogP contribution in [0.3, 0.4) is 0 Å². The van der Waals surface area contributed by atoms with Crippen molar-refractivity contribution in [3.63, 3.8) is 0 Å². The highest BCUT2D eigenvalue weighted by Gasteiger charge is 2.26. The predicted octanol–water partition coefficient (Wildman–Crippen LogP) is 1.63. The summed E-state index contributed by atoms with van der Waals surface area (Å²) in [5, 5.41) is 11.2. The minimum Gasteiger partial charge on any atom is -0.480 e. The zero-order chi connectivity index (χ0) is 17.4. The number of nitrogens with one attached hydrogen (secondary N) is 1. The third-order valence-corrected chi connectivity index (χ3v) is 4.02. The van der Waals surface area contributed by atoms with E-state index in [1.165, 1.54) is 0 Å². The molecule has 1 saturated heterocycles. The summed E-state index contributed by atoms with van der Waals surface area (Å²) in [5.41, 5.74) is 0. The van der Waals surface area contributed by atoms with Gasteiger partial charge in [-0.3, -0.25) is 4.79 Å². The number of carbonyl (C=O) groups is 1. The number of ether oxygens (including phenoxy) is 2. The van der Waals surface area contributed by atoms with E-state index in [0.717, 1.165) is 31.6 Å². The van der Waals surface area contributed by atoms with E-state index in [1.807, 2.05) is 19.9 Å². The first kappa shape index (κ1) is 18.4. The quantitative estimate of drug-likeness (QED) is 0.727. The molecule has 7 nitrogen and oxygen atoms in total. The highest BCUT2D eigenvalue weighted by Crippen LogP contribution is 2.22. The van der Waals surface area contributed by atoms with E-state index in [9.17, 15) is 4.79 Å². The van der Waals surface area contributed by atoms with Crippen molar-refractivity contribution in [1.82, 2.24) is 15.5 Å². The minimum atomic E-state index is -0.00586. The summed E-state index contributed by atoms with van der Waals surface area (Å²) in [4.78, 5) is 14.5. The lowest BCUT2D eigenvalue weighted by atomic mass is 9.97. The first-order valence-corrected chi connectivity index (χ1v) is 8.62. The molecule has 7 heteroatoms. The van der Waals surface area contributed by atoms with Crippen LogP contribution in [0.2, 0.25) is 0 Å². The molecule has 134 valence electrons. The molecule has 1 aliphatic heterocycles. The number of methoxy groups -OCH3 is 1. The third kappa shape index (κ3) is 5.63. The van der Waals surface area contributed by atoms with Gasteiger partial charge in [-0.15, -0.1) is 10.2 Å². The number of nitrogens with zero attached hydrogens (tertiary/aromatic N) is 3. The molecule has 0 aliphatic carbocycles. The van der Waals surface area contributed by atoms with Crippen molar-refractivity contribution in [2.24, 2.45) is 5.92 Å². The van der Waals surface area contributed by atoms with Crippen molar-refractivity contribution in [2.75, 3.05) is 38.3 Å². The Labute approximate surface area is 143 Å². The molecule has 0 unspecified atom stereocenters. The van der Waals surface area contributed by atoms with Crippen LogP contribution in [-0.4, -0.2) is 55.6 Å². The Morgan fingerprint density at radius 2 is 2.25 bits per heavy atom. The predicted molar refractivity (Wildman–Crippen MR) is 92.2 cm³/mol. The van der Waals surface area contributed by atoms with Crippen LogP contribution in [0, 0.1) is 5.92 Å². The van der Waals surface area contributed by atoms with Gasteiger partial charge >= 0.3 is 0 Å². The summed E-state index contributed by atoms with van der Waals surface area (Å²) in [6.07, 6.45) is 2.96. The summed E-state index contributed by atoms with van der Waals surface area (Å²) in [7, 11) is 1.57. The number of hydrogen-bond donors (Lipinski definition) is 1. The summed E-state index contributed by atoms with van der Waals surface area (Å²) in [5.74, 6) is 1.40. The molecular formula is C17H28N4O3. The molecule has 2 rings (SSSR count). The monoisotopic (exact) mass is 336 g/mol. The maximum Gasteiger partial charge on any atom is 0.233 e. The van der Waals surface area contributed by atoms with Gasteiger partial charge < -0.3 is 19.7 Å². The first-order chi connectivity index (χ1) is 11.6. The fourth-order valence-electron chi connectivity index (χ4n) is 2.74. The van der Waals surface area contributed by atoms with Crippen molar-refractivity contribution in [2.45, 2.75) is 39.2 Å². The van der Waals surface area contributed by atoms with Crippen LogP contribution >= 0.6 is 0 Å². The van der Waals surface area contributed by atoms with Crippen LogP contribution in [0.5, 0.6) is 5.88 Å². The lowest BCUT2D eigenvalue weighted by Crippen LogP contribution is -2.43. The standard InChI is InChI=1S/C17H28N4O3/c1-13(2)24-11-5-9-18-17(22)14-6-4-10-21(12-14)15-7-8-16(23-3)20-19-15/h7-8,13-14H,4-6,9-12H2,1-3H3,(H,18,22)/t14-/m0/s1. The Morgan fingerprint density at radius 1 is 1.42 bits per heavy atom. The number of carbonyl (C=O) groups excluding carboxylic acids is 1. The van der Waals surface area contributed by atoms with Crippen LogP contribution in [0.25, 0.3) is 0 Å². The third-order valence-electron chi connectivity index (χ3n) is 4.02. The van der Waals surface area contributed by atoms with Gasteiger partial charge in [0.1, 0.15) is 0 Å². The fraction of sp³-hybridized carbons (Fsp3) is 0.706. The second kappa shape index (κ2) is 9.42. The van der Waals surface area contributed by atoms with Gasteiger partial charge in [0, 0.05) is 32.3 Å². The van der Waals surface area contributed by atoms with Crippen molar-refractivity contribution in [3.05, 3.63) is 12.1 Å². The van der Waals surface area contributed by atoms with Gasteiger partial charge in [-0.25, -0.2) is 0 Å². The molecule has 1 aromatic heterocycles. The molecular weight excluding hydrogens is 308 g/mol. The Morgan fingerprint density at radius 3 is 2.92 bits per heavy atom. The van der Waals surface area contributed by atoms with Crippen molar-refractivity contribution in [3.8, 4) is 5.88 Å². The number of anilines is 1. The molecule has 0 bridgehead atoms. The van der Waals surface area contributed by atoms with Gasteiger partial charge in [0.2, 0.25) is 11.8 Å². The van der Waals surface area contributed by atoms with Crippen LogP contribution in [0.4, 0.5) is 5.82 Å². The van der Waals surface area contributed by atoms with E-state index in [0.29, 0.717) is 25.6 Å². The van der Waals surface area contributed by atoms with Gasteiger partial charge in [0.15, 0.2) is 5.82 Å². The molecule has 0 saturated carbocycles. The molecule has 1 amide bonds. The molecule has 1 N–H and O–H groups in total. The Hall–Kier alpha value is -1.89. The van der Waals surface area contributed by atoms with E-state index >= 15 is 0 Å². The number of piperidine rings is 1. The van der Waals surface area contributed by atoms with E-state index in [1.54, 1.807) is 13.2 Å². The smallest absolute Gasteiger partial charge is 0.233 e. The van der Waals surface area contributed by atoms with Gasteiger partial charge in [-0.1, -0.05) is 0 Å². The second-order valence-electron chi connectivity index (χ2n) is 6.28. The first-order valence-electron chi connectivity index (χ1n) is 8.62. The lowest BCUT2D eigenvalue weighted by Gasteiger charge is -2.32. The van der Waals surface area contributed by atoms with Crippen molar-refractivity contribution in [1.29, 1.82) is 0 Å². The molecule has 1 aromatic rings. The zero-order valence-corrected chi connectivity index (χ0v) is 14.8. The average molecular weight is 336 g/mol. The Balaban J connectivity index is 1.78. The zero-order valence-electron chi connectivity index (χ0n) is 14.8. The Bertz CT molecular complexity index is 507. The molecule has 1 aliphatic rings. The summed E-state index contributed by atoms with van der Waals surface area (Å²) >= 11 is 0. The van der Waals surface area contributed by atoms with Gasteiger partial charge in [0.05, 0.1) is 19.1 Å². The van der Waals surface area contributed by atoms with Gasteiger partial charge in [-0.05, 0) is 39.2 Å². The molecule has 0 spiro atoms. The summed E-state index contributed by atoms with van der Waals surface area (Å²) in [6, 6.07) is 3.68. The largest absolute Gasteiger partial charge is 0.480 e. The molecule has 2 heterocycles. The minimum absolute atomic E-state index is 0.00586. The van der Waals surface area contributed by atoms with Gasteiger partial charge in [0.25, 0.3) is 0 Å². The SMILES string of the molecule is COc1ccc(N2CCC[C@H](C(=O)NCCCOC(C)C)C2)nn1. The van der Waals surface area contributed by atoms with E-state index < -0.39 is 0 Å². The number of hydrogen-bond acceptors (Lipinski definition) is 6. The normalized spacial score (nSPS) is 17.8. The summed E-state index contributed by atoms with van der Waals surface area (Å²) < 4.78 is 10.5. The number of rotatable bonds is 8. The molecule has 1 atom stereocenters. The molecule has 1 fully saturated rings. The van der Waals surface area contributed by atoms with Crippen molar-refractivity contribution < 1.29 is 14.3 Å². The van der Waals surface area contributed by atoms with E-state index in [4.69, 9.17) is 9.47 Å². The van der Waals surface area contributed by atoms with Crippen molar-refractivity contribution >= 4 is 11.7 Å². The molecule has 0 aromatic carbocycles. The molecule has 0 radical (unpaired) electrons. The maximum absolute atomic E-state index is 12.3. The van der Waals surface area contributed by atoms with Gasteiger partial charge in [-0.2, -0.15) is 0 Å². The highest BCUT2D eigenvalue weighted by atomic mass is 16.5. The highest BCUT2D eigenvalue weighted by molar-refractivity contribution is 5.79. The number of aromatic nitrogens is 2. The molecule has 24 heavy (non-hydrogen) atoms. The topological polar surface area (TPSA) is 76.6 Å². The lowest BCUT2D eigenvalue weighted by molar-refractivity contribution is -0.125.